The van der Waals surface area contributed by atoms with E-state index < -0.39 is 56.5 Å². The van der Waals surface area contributed by atoms with Crippen LogP contribution in [-0.2, 0) is 17.8 Å². The number of thioether (sulfide) groups is 2. The van der Waals surface area contributed by atoms with E-state index in [1.54, 1.807) is 30.5 Å². The van der Waals surface area contributed by atoms with Gasteiger partial charge in [-0.05, 0) is 132 Å². The summed E-state index contributed by atoms with van der Waals surface area (Å²) >= 11 is 22.2. The number of hydrogen-bond acceptors (Lipinski definition) is 19. The van der Waals surface area contributed by atoms with E-state index in [0.717, 1.165) is 87.4 Å². The minimum absolute atomic E-state index is 0. The third-order valence-electron chi connectivity index (χ3n) is 16.9. The number of pyridine rings is 2. The number of rotatable bonds is 27. The van der Waals surface area contributed by atoms with E-state index in [4.69, 9.17) is 4.74 Å². The number of ether oxygens (including phenoxy) is 1. The van der Waals surface area contributed by atoms with Crippen molar-refractivity contribution in [1.29, 1.82) is 0 Å². The Morgan fingerprint density at radius 3 is 1.50 bits per heavy atom. The molecule has 6 aromatic rings. The van der Waals surface area contributed by atoms with Gasteiger partial charge in [-0.15, -0.1) is 30.6 Å². The Bertz CT molecular complexity index is 3860. The fourth-order valence-corrected chi connectivity index (χ4v) is 15.1. The van der Waals surface area contributed by atoms with Crippen LogP contribution in [0.5, 0.6) is 0 Å². The normalized spacial score (nSPS) is 16.8. The number of carbonyl (C=O) groups is 2. The zero-order valence-corrected chi connectivity index (χ0v) is 76.1. The Morgan fingerprint density at radius 1 is 0.716 bits per heavy atom. The number of aryl methyl sites for hydroxylation is 2. The molecule has 0 amide bonds. The topological polar surface area (TPSA) is 315 Å². The number of halogens is 11. The Labute approximate surface area is 695 Å². The van der Waals surface area contributed by atoms with Gasteiger partial charge in [0, 0.05) is 130 Å². The number of aliphatic hydroxyl groups excluding tert-OH is 2. The van der Waals surface area contributed by atoms with Crippen molar-refractivity contribution in [3.8, 4) is 0 Å². The monoisotopic (exact) mass is 2330 g/mol. The number of anilines is 2. The molecule has 11 rings (SSSR count). The molecule has 4 aromatic heterocycles. The van der Waals surface area contributed by atoms with E-state index in [2.05, 4.69) is 149 Å². The summed E-state index contributed by atoms with van der Waals surface area (Å²) in [7, 11) is 0. The molecular formula is C64H86Br3F2I6N12O13S2-. The molecular weight excluding hydrogens is 2250 g/mol. The molecule has 0 saturated carbocycles. The number of allylic oxidation sites excluding steroid dienone is 1. The van der Waals surface area contributed by atoms with Crippen LogP contribution in [0.15, 0.2) is 69.0 Å². The van der Waals surface area contributed by atoms with E-state index in [-0.39, 0.29) is 81.3 Å². The van der Waals surface area contributed by atoms with E-state index >= 15 is 4.39 Å². The number of hydrogen-bond donors (Lipinski definition) is 5. The Hall–Kier alpha value is -1.46. The molecule has 102 heavy (non-hydrogen) atoms. The molecule has 0 radical (unpaired) electrons. The van der Waals surface area contributed by atoms with Gasteiger partial charge in [-0.3, -0.25) is 14.5 Å². The van der Waals surface area contributed by atoms with Crippen molar-refractivity contribution in [3.05, 3.63) is 124 Å². The first-order valence-electron chi connectivity index (χ1n) is 32.5. The maximum absolute atomic E-state index is 15.2. The van der Waals surface area contributed by atoms with Crippen molar-refractivity contribution in [2.75, 3.05) is 91.3 Å². The van der Waals surface area contributed by atoms with Gasteiger partial charge >= 0.3 is 74.1 Å². The average Bonchev–Trinajstić information content (AvgIpc) is 1.13. The number of nitrogens with one attached hydrogen (secondary N) is 1. The van der Waals surface area contributed by atoms with E-state index in [1.807, 2.05) is 34.3 Å². The number of nitrogens with zero attached hydrogens (tertiary/aromatic N) is 11. The number of epoxide rings is 1. The van der Waals surface area contributed by atoms with Gasteiger partial charge in [0.05, 0.1) is 68.1 Å². The molecule has 0 spiro atoms. The third-order valence-corrected chi connectivity index (χ3v) is 20.9. The maximum atomic E-state index is 15.2. The number of alkyl halides is 3. The Morgan fingerprint density at radius 2 is 1.12 bits per heavy atom. The predicted octanol–water partition coefficient (Wildman–Crippen LogP) is 13.0. The molecule has 3 saturated heterocycles. The summed E-state index contributed by atoms with van der Waals surface area (Å²) in [6, 6.07) is 5.70. The number of carboxylic acids is 2. The van der Waals surface area contributed by atoms with Gasteiger partial charge in [-0.25, -0.2) is 37.5 Å². The Balaban J connectivity index is 0.000000301. The van der Waals surface area contributed by atoms with E-state index in [1.165, 1.54) is 89.3 Å². The number of carboxylic acid groups (broad SMARTS) is 2. The van der Waals surface area contributed by atoms with Crippen molar-refractivity contribution in [3.63, 3.8) is 0 Å². The van der Waals surface area contributed by atoms with Crippen LogP contribution >= 0.6 is 170 Å². The molecule has 0 aliphatic carbocycles. The van der Waals surface area contributed by atoms with Crippen LogP contribution in [0, 0.1) is 45.7 Å². The summed E-state index contributed by atoms with van der Waals surface area (Å²) in [6.45, 7) is 18.6. The van der Waals surface area contributed by atoms with Crippen LogP contribution in [0.1, 0.15) is 134 Å². The Kier molecular flexibility index (Phi) is 44.0. The van der Waals surface area contributed by atoms with Crippen LogP contribution in [0.2, 0.25) is 0 Å². The molecule has 0 bridgehead atoms. The van der Waals surface area contributed by atoms with Crippen LogP contribution < -0.4 is 39.2 Å². The fraction of sp³-hybridized carbons (Fsp3) is 0.562. The molecule has 3 fully saturated rings. The van der Waals surface area contributed by atoms with Crippen molar-refractivity contribution in [1.82, 2.24) is 38.5 Å². The standard InChI is InChI=1S/C26H31FN6O6S.C16H16FN3O3S.C10H16BrN3O3.C6H11BrO.C6H11Br.I3.I2.HI/c1-15-28-13-22(33(38)39)31(15)14-17(34)5-3-4-6-29-7-9-30(10-8-29)21-12-20-18(11-19(21)27)24(35)23(26(36)37)25-32(20)16(2)40-25;1-8-20-11-7-12(19-4-2-18-3-5-19)10(17)6-9(11)14(21)13(16(22)23)15(20)24-8;1-8-12-6-10(14(16)17)13(8)7-9(15)4-2-3-5-11;7-4-2-1-3-6-5-8-6;1-2-3-4-5-6-7;1-3-2;1-2;/h11-13,16-17,34H,3-10,14H2,1-2H3,(H,36,37);6-8,18H,2-5H2,1H3,(H,22,23);6,9,15H,2-5,7H2,1H3;6H,1-5H2;2H,1,3-6H2;;;1H/q;;;;;-1;;. The molecule has 25 nitrogen and oxygen atoms in total. The molecule has 5 aliphatic heterocycles. The molecule has 38 heteroatoms. The zero-order valence-electron chi connectivity index (χ0n) is 56.6. The van der Waals surface area contributed by atoms with E-state index in [9.17, 15) is 64.2 Å². The molecule has 5 aliphatic rings. The van der Waals surface area contributed by atoms with Crippen LogP contribution in [0.3, 0.4) is 0 Å². The number of fused-ring (bicyclic) bond motifs is 6. The molecule has 5 unspecified atom stereocenters. The summed E-state index contributed by atoms with van der Waals surface area (Å²) in [5, 5.41) is 68.3. The zero-order chi connectivity index (χ0) is 74.6. The van der Waals surface area contributed by atoms with Crippen LogP contribution in [-0.4, -0.2) is 175 Å². The van der Waals surface area contributed by atoms with Gasteiger partial charge in [-0.2, -0.15) is 0 Å². The first-order valence-corrected chi connectivity index (χ1v) is 56.5. The van der Waals surface area contributed by atoms with E-state index in [0.29, 0.717) is 102 Å². The molecule has 5 N–H and O–H groups in total. The molecule has 570 valence electrons. The molecule has 5 atom stereocenters. The third kappa shape index (κ3) is 26.9. The average molecular weight is 2330 g/mol. The number of aromatic nitrogens is 6. The van der Waals surface area contributed by atoms with Gasteiger partial charge in [0.1, 0.15) is 48.2 Å². The van der Waals surface area contributed by atoms with Gasteiger partial charge in [0.2, 0.25) is 10.9 Å². The second-order valence-corrected chi connectivity index (χ2v) is 45.0. The van der Waals surface area contributed by atoms with Crippen LogP contribution in [0.25, 0.3) is 21.8 Å². The quantitative estimate of drug-likeness (QED) is 0.00608. The second-order valence-electron chi connectivity index (χ2n) is 23.7. The van der Waals surface area contributed by atoms with Crippen molar-refractivity contribution < 1.29 is 66.6 Å². The van der Waals surface area contributed by atoms with Gasteiger partial charge < -0.3 is 69.6 Å². The summed E-state index contributed by atoms with van der Waals surface area (Å²) in [4.78, 5) is 83.4. The number of benzene rings is 2. The van der Waals surface area contributed by atoms with Gasteiger partial charge in [0.25, 0.3) is 0 Å². The first-order chi connectivity index (χ1) is 48.4. The van der Waals surface area contributed by atoms with Gasteiger partial charge in [-0.1, -0.05) is 77.4 Å². The number of aromatic carboxylic acids is 2. The number of imidazole rings is 2. The van der Waals surface area contributed by atoms with Crippen molar-refractivity contribution in [2.45, 2.75) is 157 Å². The van der Waals surface area contributed by atoms with Crippen LogP contribution in [0.4, 0.5) is 31.8 Å². The summed E-state index contributed by atoms with van der Waals surface area (Å²) in [5.74, 6) is -2.75. The minimum atomic E-state index is -1.30. The summed E-state index contributed by atoms with van der Waals surface area (Å²) in [5.41, 5.74) is 0.166. The SMILES string of the molecule is BrCCCCC1CO1.C=CCCCCBr.CC1Sc2c(C(=O)O)c(=O)c3cc(F)c(N4CCNCC4)cc3n21.Cc1ncc([N+](=O)[O-])n1CC(O)CCCCBr.Cc1ncc([N+](=O)[O-])n1CC(O)CCCCN1CCN(c2cc3c(cc2F)c(=O)c(C(=O)O)c2n3C(C)S2)CC1.I.II.I[I-]I. The van der Waals surface area contributed by atoms with Crippen molar-refractivity contribution in [2.24, 2.45) is 0 Å². The number of unbranched alkanes of at least 4 members (excludes halogenated alkanes) is 5. The fourth-order valence-electron chi connectivity index (χ4n) is 11.6. The predicted molar refractivity (Wildman–Crippen MR) is 453 cm³/mol. The number of piperazine rings is 2. The molecule has 9 heterocycles. The molecule has 2 aromatic carbocycles. The summed E-state index contributed by atoms with van der Waals surface area (Å²) < 4.78 is 41.3. The second kappa shape index (κ2) is 48.2. The van der Waals surface area contributed by atoms with Gasteiger partial charge in [0.15, 0.2) is 11.6 Å². The number of nitro groups is 2. The number of aliphatic hydroxyl groups is 2. The summed E-state index contributed by atoms with van der Waals surface area (Å²) in [6.07, 6.45) is 16.0. The first kappa shape index (κ1) is 92.9. The van der Waals surface area contributed by atoms with Crippen molar-refractivity contribution >= 4 is 227 Å².